The number of nitro groups is 1. The number of nitrogens with zero attached hydrogens (tertiary/aromatic N) is 1. The molecule has 0 aliphatic carbocycles. The number of hydrogen-bond acceptors (Lipinski definition) is 7. The highest BCUT2D eigenvalue weighted by Gasteiger charge is 2.19. The van der Waals surface area contributed by atoms with Crippen molar-refractivity contribution < 1.29 is 27.7 Å². The number of benzene rings is 2. The van der Waals surface area contributed by atoms with Gasteiger partial charge in [-0.1, -0.05) is 12.1 Å². The SMILES string of the molecule is CCOC(=O)/C=C/c1ccc(NC(=O)c2cc([N+](=O)[O-])cc(S(C)(=O)=O)c2)cc1. The molecule has 0 aliphatic rings. The van der Waals surface area contributed by atoms with Gasteiger partial charge >= 0.3 is 5.97 Å². The van der Waals surface area contributed by atoms with E-state index in [1.54, 1.807) is 37.3 Å². The summed E-state index contributed by atoms with van der Waals surface area (Å²) in [6, 6.07) is 9.39. The van der Waals surface area contributed by atoms with Gasteiger partial charge < -0.3 is 10.1 Å². The Morgan fingerprint density at radius 1 is 1.17 bits per heavy atom. The lowest BCUT2D eigenvalue weighted by Crippen LogP contribution is -2.13. The Labute approximate surface area is 167 Å². The molecule has 0 radical (unpaired) electrons. The van der Waals surface area contributed by atoms with Gasteiger partial charge in [0.15, 0.2) is 9.84 Å². The summed E-state index contributed by atoms with van der Waals surface area (Å²) in [5, 5.41) is 13.6. The number of non-ortho nitro benzene ring substituents is 1. The number of rotatable bonds is 7. The van der Waals surface area contributed by atoms with E-state index in [2.05, 4.69) is 5.32 Å². The average molecular weight is 418 g/mol. The van der Waals surface area contributed by atoms with Crippen molar-refractivity contribution in [2.75, 3.05) is 18.2 Å². The van der Waals surface area contributed by atoms with Crippen molar-refractivity contribution in [3.8, 4) is 0 Å². The van der Waals surface area contributed by atoms with Crippen LogP contribution in [0.4, 0.5) is 11.4 Å². The fourth-order valence-corrected chi connectivity index (χ4v) is 2.95. The Hall–Kier alpha value is -3.53. The van der Waals surface area contributed by atoms with Gasteiger partial charge in [0.2, 0.25) is 0 Å². The molecule has 0 aliphatic heterocycles. The smallest absolute Gasteiger partial charge is 0.330 e. The third-order valence-electron chi connectivity index (χ3n) is 3.66. The van der Waals surface area contributed by atoms with Crippen molar-refractivity contribution in [2.45, 2.75) is 11.8 Å². The van der Waals surface area contributed by atoms with Gasteiger partial charge in [-0.3, -0.25) is 14.9 Å². The van der Waals surface area contributed by atoms with Crippen LogP contribution in [0.15, 0.2) is 53.4 Å². The summed E-state index contributed by atoms with van der Waals surface area (Å²) in [5.41, 5.74) is 0.407. The van der Waals surface area contributed by atoms with Crippen LogP contribution >= 0.6 is 0 Å². The van der Waals surface area contributed by atoms with Crippen LogP contribution in [0.25, 0.3) is 6.08 Å². The molecule has 10 heteroatoms. The second-order valence-electron chi connectivity index (χ2n) is 5.91. The van der Waals surface area contributed by atoms with Crippen LogP contribution < -0.4 is 5.32 Å². The minimum absolute atomic E-state index is 0.161. The van der Waals surface area contributed by atoms with Gasteiger partial charge in [0.05, 0.1) is 16.4 Å². The monoisotopic (exact) mass is 418 g/mol. The quantitative estimate of drug-likeness (QED) is 0.316. The molecule has 0 saturated carbocycles. The molecule has 0 bridgehead atoms. The van der Waals surface area contributed by atoms with Gasteiger partial charge in [0.25, 0.3) is 11.6 Å². The first-order chi connectivity index (χ1) is 13.6. The van der Waals surface area contributed by atoms with E-state index in [0.29, 0.717) is 11.3 Å². The molecule has 2 rings (SSSR count). The van der Waals surface area contributed by atoms with E-state index >= 15 is 0 Å². The Balaban J connectivity index is 2.21. The van der Waals surface area contributed by atoms with Crippen LogP contribution in [0.5, 0.6) is 0 Å². The zero-order valence-electron chi connectivity index (χ0n) is 15.6. The lowest BCUT2D eigenvalue weighted by molar-refractivity contribution is -0.385. The van der Waals surface area contributed by atoms with Gasteiger partial charge in [0, 0.05) is 35.7 Å². The van der Waals surface area contributed by atoms with Gasteiger partial charge in [0.1, 0.15) is 0 Å². The third kappa shape index (κ3) is 6.25. The van der Waals surface area contributed by atoms with Gasteiger partial charge in [-0.25, -0.2) is 13.2 Å². The summed E-state index contributed by atoms with van der Waals surface area (Å²) in [6.45, 7) is 1.97. The van der Waals surface area contributed by atoms with Crippen LogP contribution in [0.1, 0.15) is 22.8 Å². The number of sulfone groups is 1. The van der Waals surface area contributed by atoms with Gasteiger partial charge in [-0.05, 0) is 36.8 Å². The summed E-state index contributed by atoms with van der Waals surface area (Å²) >= 11 is 0. The molecule has 0 spiro atoms. The van der Waals surface area contributed by atoms with Crippen LogP contribution in [0.2, 0.25) is 0 Å². The van der Waals surface area contributed by atoms with E-state index in [1.165, 1.54) is 6.08 Å². The van der Waals surface area contributed by atoms with Crippen LogP contribution in [-0.4, -0.2) is 38.1 Å². The number of esters is 1. The average Bonchev–Trinajstić information content (AvgIpc) is 2.66. The Kier molecular flexibility index (Phi) is 6.84. The Morgan fingerprint density at radius 2 is 1.83 bits per heavy atom. The molecule has 1 N–H and O–H groups in total. The molecule has 2 aromatic rings. The molecule has 29 heavy (non-hydrogen) atoms. The van der Waals surface area contributed by atoms with Gasteiger partial charge in [-0.15, -0.1) is 0 Å². The normalized spacial score (nSPS) is 11.2. The van der Waals surface area contributed by atoms with E-state index < -0.39 is 32.3 Å². The third-order valence-corrected chi connectivity index (χ3v) is 4.75. The van der Waals surface area contributed by atoms with Crippen molar-refractivity contribution in [2.24, 2.45) is 0 Å². The number of carbonyl (C=O) groups excluding carboxylic acids is 2. The predicted octanol–water partition coefficient (Wildman–Crippen LogP) is 2.83. The fourth-order valence-electron chi connectivity index (χ4n) is 2.27. The lowest BCUT2D eigenvalue weighted by atomic mass is 10.1. The summed E-state index contributed by atoms with van der Waals surface area (Å²) in [5.74, 6) is -1.18. The number of anilines is 1. The van der Waals surface area contributed by atoms with Crippen molar-refractivity contribution in [1.29, 1.82) is 0 Å². The first kappa shape index (κ1) is 21.8. The van der Waals surface area contributed by atoms with Crippen LogP contribution in [-0.2, 0) is 19.4 Å². The largest absolute Gasteiger partial charge is 0.463 e. The van der Waals surface area contributed by atoms with Crippen LogP contribution in [0, 0.1) is 10.1 Å². The maximum atomic E-state index is 12.4. The molecule has 152 valence electrons. The molecule has 0 saturated heterocycles. The molecule has 0 aromatic heterocycles. The molecule has 0 heterocycles. The maximum Gasteiger partial charge on any atom is 0.330 e. The number of carbonyl (C=O) groups is 2. The zero-order chi connectivity index (χ0) is 21.6. The number of nitrogens with one attached hydrogen (secondary N) is 1. The number of nitro benzene ring substituents is 1. The Morgan fingerprint density at radius 3 is 2.38 bits per heavy atom. The van der Waals surface area contributed by atoms with E-state index in [1.807, 2.05) is 0 Å². The van der Waals surface area contributed by atoms with E-state index in [4.69, 9.17) is 4.74 Å². The molecule has 0 unspecified atom stereocenters. The molecule has 1 amide bonds. The highest BCUT2D eigenvalue weighted by molar-refractivity contribution is 7.90. The first-order valence-corrected chi connectivity index (χ1v) is 10.2. The van der Waals surface area contributed by atoms with Crippen LogP contribution in [0.3, 0.4) is 0 Å². The van der Waals surface area contributed by atoms with E-state index in [9.17, 15) is 28.1 Å². The summed E-state index contributed by atoms with van der Waals surface area (Å²) < 4.78 is 28.2. The second kappa shape index (κ2) is 9.11. The highest BCUT2D eigenvalue weighted by Crippen LogP contribution is 2.22. The zero-order valence-corrected chi connectivity index (χ0v) is 16.4. The number of hydrogen-bond donors (Lipinski definition) is 1. The minimum atomic E-state index is -3.74. The summed E-state index contributed by atoms with van der Waals surface area (Å²) in [4.78, 5) is 33.7. The van der Waals surface area contributed by atoms with Crippen molar-refractivity contribution in [3.05, 3.63) is 69.8 Å². The Bertz CT molecular complexity index is 1070. The number of ether oxygens (including phenoxy) is 1. The fraction of sp³-hybridized carbons (Fsp3) is 0.158. The van der Waals surface area contributed by atoms with E-state index in [-0.39, 0.29) is 17.1 Å². The summed E-state index contributed by atoms with van der Waals surface area (Å²) in [7, 11) is -3.74. The molecule has 9 nitrogen and oxygen atoms in total. The first-order valence-electron chi connectivity index (χ1n) is 8.36. The second-order valence-corrected chi connectivity index (χ2v) is 7.92. The molecule has 2 aromatic carbocycles. The van der Waals surface area contributed by atoms with E-state index in [0.717, 1.165) is 24.5 Å². The minimum Gasteiger partial charge on any atom is -0.463 e. The topological polar surface area (TPSA) is 133 Å². The standard InChI is InChI=1S/C19H18N2O7S/c1-3-28-18(22)9-6-13-4-7-15(8-5-13)20-19(23)14-10-16(21(24)25)12-17(11-14)29(2,26)27/h4-12H,3H2,1-2H3,(H,20,23)/b9-6+. The maximum absolute atomic E-state index is 12.4. The van der Waals surface area contributed by atoms with Crippen molar-refractivity contribution in [1.82, 2.24) is 0 Å². The molecule has 0 fully saturated rings. The van der Waals surface area contributed by atoms with Crippen molar-refractivity contribution >= 4 is 39.2 Å². The molecular formula is C19H18N2O7S. The highest BCUT2D eigenvalue weighted by atomic mass is 32.2. The molecular weight excluding hydrogens is 400 g/mol. The number of amides is 1. The van der Waals surface area contributed by atoms with Gasteiger partial charge in [-0.2, -0.15) is 0 Å². The summed E-state index contributed by atoms with van der Waals surface area (Å²) in [6.07, 6.45) is 3.71. The lowest BCUT2D eigenvalue weighted by Gasteiger charge is -2.07. The predicted molar refractivity (Wildman–Crippen MR) is 106 cm³/mol. The van der Waals surface area contributed by atoms with Crippen molar-refractivity contribution in [3.63, 3.8) is 0 Å². The molecule has 0 atom stereocenters.